The van der Waals surface area contributed by atoms with Crippen LogP contribution in [0.2, 0.25) is 0 Å². The fourth-order valence-electron chi connectivity index (χ4n) is 2.07. The van der Waals surface area contributed by atoms with Gasteiger partial charge in [-0.1, -0.05) is 17.2 Å². The molecule has 7 nitrogen and oxygen atoms in total. The second kappa shape index (κ2) is 5.65. The molecule has 0 saturated carbocycles. The van der Waals surface area contributed by atoms with Crippen LogP contribution in [-0.2, 0) is 9.63 Å². The summed E-state index contributed by atoms with van der Waals surface area (Å²) in [6.07, 6.45) is 0. The largest absolute Gasteiger partial charge is 0.373 e. The molecule has 0 unspecified atom stereocenters. The van der Waals surface area contributed by atoms with Crippen LogP contribution >= 0.6 is 11.3 Å². The number of hydrogen-bond acceptors (Lipinski definition) is 6. The minimum atomic E-state index is -0.846. The number of rotatable bonds is 3. The van der Waals surface area contributed by atoms with E-state index in [0.29, 0.717) is 10.1 Å². The minimum Gasteiger partial charge on any atom is -0.323 e. The van der Waals surface area contributed by atoms with Gasteiger partial charge in [-0.15, -0.1) is 11.3 Å². The van der Waals surface area contributed by atoms with Gasteiger partial charge in [-0.3, -0.25) is 14.4 Å². The predicted octanol–water partition coefficient (Wildman–Crippen LogP) is 2.07. The summed E-state index contributed by atoms with van der Waals surface area (Å²) < 4.78 is 0. The molecule has 2 aromatic rings. The van der Waals surface area contributed by atoms with Crippen molar-refractivity contribution >= 4 is 40.0 Å². The first-order valence-electron chi connectivity index (χ1n) is 6.55. The smallest absolute Gasteiger partial charge is 0.323 e. The number of hydroxylamine groups is 2. The van der Waals surface area contributed by atoms with Crippen molar-refractivity contribution in [1.82, 2.24) is 5.06 Å². The Balaban J connectivity index is 1.76. The number of nitrogens with one attached hydrogen (secondary N) is 1. The first-order chi connectivity index (χ1) is 11.0. The first kappa shape index (κ1) is 14.9. The van der Waals surface area contributed by atoms with Gasteiger partial charge in [0, 0.05) is 6.92 Å². The molecule has 0 radical (unpaired) electrons. The van der Waals surface area contributed by atoms with Crippen LogP contribution in [0.4, 0.5) is 5.00 Å². The number of nitrogens with zero attached hydrogens (tertiary/aromatic N) is 1. The average molecular weight is 330 g/mol. The van der Waals surface area contributed by atoms with E-state index in [4.69, 9.17) is 4.84 Å². The van der Waals surface area contributed by atoms with Crippen LogP contribution in [0.15, 0.2) is 36.4 Å². The molecule has 0 bridgehead atoms. The average Bonchev–Trinajstić information content (AvgIpc) is 3.06. The van der Waals surface area contributed by atoms with E-state index >= 15 is 0 Å². The zero-order valence-electron chi connectivity index (χ0n) is 11.9. The van der Waals surface area contributed by atoms with Crippen molar-refractivity contribution in [2.75, 3.05) is 5.32 Å². The number of anilines is 1. The summed E-state index contributed by atoms with van der Waals surface area (Å²) in [6.45, 7) is 1.34. The highest BCUT2D eigenvalue weighted by atomic mass is 32.1. The molecule has 3 amide bonds. The summed E-state index contributed by atoms with van der Waals surface area (Å²) >= 11 is 0.983. The highest BCUT2D eigenvalue weighted by Gasteiger charge is 2.38. The van der Waals surface area contributed by atoms with Gasteiger partial charge >= 0.3 is 5.97 Å². The van der Waals surface area contributed by atoms with Crippen LogP contribution < -0.4 is 5.32 Å². The van der Waals surface area contributed by atoms with Gasteiger partial charge in [-0.2, -0.15) is 0 Å². The van der Waals surface area contributed by atoms with Crippen molar-refractivity contribution in [3.63, 3.8) is 0 Å². The Kier molecular flexibility index (Phi) is 3.67. The summed E-state index contributed by atoms with van der Waals surface area (Å²) in [5.41, 5.74) is 0.380. The zero-order chi connectivity index (χ0) is 16.6. The highest BCUT2D eigenvalue weighted by molar-refractivity contribution is 7.18. The van der Waals surface area contributed by atoms with Gasteiger partial charge in [0.1, 0.15) is 4.88 Å². The maximum Gasteiger partial charge on any atom is 0.373 e. The number of thiophene rings is 1. The number of benzene rings is 1. The molecular formula is C15H10N2O5S. The lowest BCUT2D eigenvalue weighted by Crippen LogP contribution is -2.32. The fraction of sp³-hybridized carbons (Fsp3) is 0.0667. The first-order valence-corrected chi connectivity index (χ1v) is 7.36. The highest BCUT2D eigenvalue weighted by Crippen LogP contribution is 2.26. The van der Waals surface area contributed by atoms with E-state index < -0.39 is 17.8 Å². The van der Waals surface area contributed by atoms with Crippen molar-refractivity contribution in [3.8, 4) is 0 Å². The predicted molar refractivity (Wildman–Crippen MR) is 81.0 cm³/mol. The second-order valence-corrected chi connectivity index (χ2v) is 5.76. The van der Waals surface area contributed by atoms with Crippen molar-refractivity contribution < 1.29 is 24.0 Å². The monoisotopic (exact) mass is 330 g/mol. The summed E-state index contributed by atoms with van der Waals surface area (Å²) in [4.78, 5) is 52.3. The van der Waals surface area contributed by atoms with Crippen LogP contribution in [0.5, 0.6) is 0 Å². The Bertz CT molecular complexity index is 807. The topological polar surface area (TPSA) is 92.8 Å². The van der Waals surface area contributed by atoms with Crippen molar-refractivity contribution in [3.05, 3.63) is 52.4 Å². The number of fused-ring (bicyclic) bond motifs is 1. The third-order valence-electron chi connectivity index (χ3n) is 3.04. The lowest BCUT2D eigenvalue weighted by atomic mass is 10.1. The number of carbonyl (C=O) groups is 4. The van der Waals surface area contributed by atoms with E-state index in [0.717, 1.165) is 11.3 Å². The number of hydrogen-bond donors (Lipinski definition) is 1. The van der Waals surface area contributed by atoms with E-state index in [9.17, 15) is 19.2 Å². The van der Waals surface area contributed by atoms with Gasteiger partial charge < -0.3 is 10.2 Å². The summed E-state index contributed by atoms with van der Waals surface area (Å²) in [5, 5.41) is 3.44. The van der Waals surface area contributed by atoms with Crippen molar-refractivity contribution in [2.24, 2.45) is 0 Å². The molecule has 0 atom stereocenters. The van der Waals surface area contributed by atoms with E-state index in [1.807, 2.05) is 0 Å². The molecule has 1 aromatic heterocycles. The van der Waals surface area contributed by atoms with E-state index in [1.54, 1.807) is 12.1 Å². The van der Waals surface area contributed by atoms with Gasteiger partial charge in [-0.25, -0.2) is 4.79 Å². The Labute approximate surface area is 134 Å². The maximum absolute atomic E-state index is 12.1. The molecule has 0 fully saturated rings. The van der Waals surface area contributed by atoms with Crippen LogP contribution in [0.1, 0.15) is 37.3 Å². The third kappa shape index (κ3) is 2.71. The molecule has 1 aromatic carbocycles. The summed E-state index contributed by atoms with van der Waals surface area (Å²) in [7, 11) is 0. The van der Waals surface area contributed by atoms with Crippen molar-refractivity contribution in [1.29, 1.82) is 0 Å². The molecule has 116 valence electrons. The Morgan fingerprint density at radius 1 is 1.04 bits per heavy atom. The number of amides is 3. The van der Waals surface area contributed by atoms with Gasteiger partial charge in [0.25, 0.3) is 11.8 Å². The minimum absolute atomic E-state index is 0.158. The van der Waals surface area contributed by atoms with Crippen molar-refractivity contribution in [2.45, 2.75) is 6.92 Å². The van der Waals surface area contributed by atoms with E-state index in [2.05, 4.69) is 5.32 Å². The van der Waals surface area contributed by atoms with Crippen LogP contribution in [-0.4, -0.2) is 28.8 Å². The van der Waals surface area contributed by atoms with Gasteiger partial charge in [-0.05, 0) is 24.3 Å². The number of carbonyl (C=O) groups excluding carboxylic acids is 4. The molecule has 1 aliphatic heterocycles. The van der Waals surface area contributed by atoms with E-state index in [-0.39, 0.29) is 21.9 Å². The normalized spacial score (nSPS) is 13.0. The van der Waals surface area contributed by atoms with Crippen LogP contribution in [0.3, 0.4) is 0 Å². The summed E-state index contributed by atoms with van der Waals surface area (Å²) in [6, 6.07) is 9.19. The Morgan fingerprint density at radius 3 is 2.22 bits per heavy atom. The molecular weight excluding hydrogens is 320 g/mol. The second-order valence-electron chi connectivity index (χ2n) is 4.67. The quantitative estimate of drug-likeness (QED) is 0.870. The Hall–Kier alpha value is -3.00. The molecule has 8 heteroatoms. The van der Waals surface area contributed by atoms with Gasteiger partial charge in [0.05, 0.1) is 16.1 Å². The molecule has 1 aliphatic rings. The third-order valence-corrected chi connectivity index (χ3v) is 4.02. The molecule has 1 N–H and O–H groups in total. The maximum atomic E-state index is 12.1. The molecule has 3 rings (SSSR count). The van der Waals surface area contributed by atoms with E-state index in [1.165, 1.54) is 31.2 Å². The number of imide groups is 1. The van der Waals surface area contributed by atoms with Gasteiger partial charge in [0.2, 0.25) is 5.91 Å². The molecule has 0 aliphatic carbocycles. The Morgan fingerprint density at radius 2 is 1.65 bits per heavy atom. The lowest BCUT2D eigenvalue weighted by molar-refractivity contribution is -0.114. The SMILES string of the molecule is CC(=O)Nc1ccc(C(=O)ON2C(=O)c3ccccc3C2=O)s1. The molecule has 0 spiro atoms. The zero-order valence-corrected chi connectivity index (χ0v) is 12.7. The standard InChI is InChI=1S/C15H10N2O5S/c1-8(18)16-12-7-6-11(23-12)15(21)22-17-13(19)9-4-2-3-5-10(9)14(17)20/h2-7H,1H3,(H,16,18). The fourth-order valence-corrected chi connectivity index (χ4v) is 2.89. The van der Waals surface area contributed by atoms with Crippen LogP contribution in [0.25, 0.3) is 0 Å². The van der Waals surface area contributed by atoms with Crippen LogP contribution in [0, 0.1) is 0 Å². The molecule has 23 heavy (non-hydrogen) atoms. The summed E-state index contributed by atoms with van der Waals surface area (Å²) in [5.74, 6) is -2.48. The molecule has 2 heterocycles. The molecule has 0 saturated heterocycles. The lowest BCUT2D eigenvalue weighted by Gasteiger charge is -2.11. The van der Waals surface area contributed by atoms with Gasteiger partial charge in [0.15, 0.2) is 0 Å².